The first-order valence-corrected chi connectivity index (χ1v) is 10.6. The largest absolute Gasteiger partial charge is 0.372 e. The molecule has 2 atom stereocenters. The number of hydrogen-bond donors (Lipinski definition) is 1. The molecule has 0 spiro atoms. The first-order valence-electron chi connectivity index (χ1n) is 10.6. The number of carbonyl (C=O) groups excluding carboxylic acids is 1. The Labute approximate surface area is 175 Å². The predicted octanol–water partition coefficient (Wildman–Crippen LogP) is 2.55. The van der Waals surface area contributed by atoms with Gasteiger partial charge in [-0.05, 0) is 37.9 Å². The highest BCUT2D eigenvalue weighted by Gasteiger charge is 2.30. The number of nitrogens with one attached hydrogen (secondary N) is 1. The summed E-state index contributed by atoms with van der Waals surface area (Å²) in [6.45, 7) is 4.82. The number of anilines is 1. The van der Waals surface area contributed by atoms with Crippen LogP contribution in [0.15, 0.2) is 30.6 Å². The summed E-state index contributed by atoms with van der Waals surface area (Å²) in [4.78, 5) is 14.3. The summed E-state index contributed by atoms with van der Waals surface area (Å²) in [5.74, 6) is 1.35. The van der Waals surface area contributed by atoms with Gasteiger partial charge in [0.1, 0.15) is 0 Å². The summed E-state index contributed by atoms with van der Waals surface area (Å²) in [6.07, 6.45) is 6.01. The lowest BCUT2D eigenvalue weighted by atomic mass is 10.1. The van der Waals surface area contributed by atoms with Gasteiger partial charge in [0.2, 0.25) is 5.91 Å². The third kappa shape index (κ3) is 3.73. The van der Waals surface area contributed by atoms with Crippen molar-refractivity contribution >= 4 is 17.2 Å². The first kappa shape index (κ1) is 19.3. The lowest BCUT2D eigenvalue weighted by Crippen LogP contribution is -2.21. The fourth-order valence-electron chi connectivity index (χ4n) is 4.32. The van der Waals surface area contributed by atoms with Gasteiger partial charge in [0.15, 0.2) is 5.82 Å². The maximum absolute atomic E-state index is 12.0. The molecule has 3 aromatic rings. The fraction of sp³-hybridized carbons (Fsp3) is 0.500. The van der Waals surface area contributed by atoms with E-state index in [1.807, 2.05) is 36.3 Å². The number of likely N-dealkylation sites (tertiary alicyclic amines) is 1. The number of rotatable bonds is 6. The number of pyridine rings is 1. The molecule has 158 valence electrons. The SMILES string of the molecule is CC1CN(C)CC1OCc1cnn(C)c1-c1ccn2nc(NC(=O)C3CC3)cc2c1. The van der Waals surface area contributed by atoms with E-state index in [0.717, 1.165) is 48.3 Å². The van der Waals surface area contributed by atoms with Crippen molar-refractivity contribution in [2.75, 3.05) is 25.5 Å². The average molecular weight is 409 g/mol. The topological polar surface area (TPSA) is 76.7 Å². The monoisotopic (exact) mass is 408 g/mol. The number of hydrogen-bond acceptors (Lipinski definition) is 5. The van der Waals surface area contributed by atoms with E-state index in [4.69, 9.17) is 4.74 Å². The predicted molar refractivity (Wildman–Crippen MR) is 114 cm³/mol. The number of fused-ring (bicyclic) bond motifs is 1. The van der Waals surface area contributed by atoms with Crippen molar-refractivity contribution in [1.82, 2.24) is 24.3 Å². The summed E-state index contributed by atoms with van der Waals surface area (Å²) in [6, 6.07) is 6.01. The van der Waals surface area contributed by atoms with Gasteiger partial charge in [-0.2, -0.15) is 10.2 Å². The molecule has 8 heteroatoms. The second-order valence-corrected chi connectivity index (χ2v) is 8.77. The van der Waals surface area contributed by atoms with Gasteiger partial charge in [0.05, 0.1) is 30.1 Å². The third-order valence-corrected chi connectivity index (χ3v) is 6.13. The number of likely N-dealkylation sites (N-methyl/N-ethyl adjacent to an activating group) is 1. The van der Waals surface area contributed by atoms with Crippen molar-refractivity contribution in [2.24, 2.45) is 18.9 Å². The molecule has 2 fully saturated rings. The Bertz CT molecular complexity index is 1080. The van der Waals surface area contributed by atoms with Crippen LogP contribution >= 0.6 is 0 Å². The van der Waals surface area contributed by atoms with Crippen molar-refractivity contribution in [3.8, 4) is 11.3 Å². The summed E-state index contributed by atoms with van der Waals surface area (Å²) < 4.78 is 9.93. The van der Waals surface area contributed by atoms with Crippen LogP contribution in [0.2, 0.25) is 0 Å². The van der Waals surface area contributed by atoms with Crippen molar-refractivity contribution in [3.63, 3.8) is 0 Å². The molecule has 2 unspecified atom stereocenters. The van der Waals surface area contributed by atoms with Gasteiger partial charge >= 0.3 is 0 Å². The van der Waals surface area contributed by atoms with Gasteiger partial charge in [0, 0.05) is 49.4 Å². The molecule has 1 saturated carbocycles. The fourth-order valence-corrected chi connectivity index (χ4v) is 4.32. The highest BCUT2D eigenvalue weighted by atomic mass is 16.5. The summed E-state index contributed by atoms with van der Waals surface area (Å²) in [5, 5.41) is 11.9. The maximum atomic E-state index is 12.0. The summed E-state index contributed by atoms with van der Waals surface area (Å²) >= 11 is 0. The quantitative estimate of drug-likeness (QED) is 0.678. The lowest BCUT2D eigenvalue weighted by molar-refractivity contribution is -0.117. The van der Waals surface area contributed by atoms with Crippen LogP contribution in [-0.2, 0) is 23.2 Å². The van der Waals surface area contributed by atoms with E-state index in [9.17, 15) is 4.79 Å². The summed E-state index contributed by atoms with van der Waals surface area (Å²) in [5.41, 5.74) is 4.10. The molecule has 1 N–H and O–H groups in total. The maximum Gasteiger partial charge on any atom is 0.228 e. The smallest absolute Gasteiger partial charge is 0.228 e. The minimum atomic E-state index is 0.0662. The van der Waals surface area contributed by atoms with E-state index in [2.05, 4.69) is 40.5 Å². The highest BCUT2D eigenvalue weighted by molar-refractivity contribution is 5.93. The molecule has 0 aromatic carbocycles. The Morgan fingerprint density at radius 1 is 1.27 bits per heavy atom. The number of carbonyl (C=O) groups is 1. The van der Waals surface area contributed by atoms with Crippen LogP contribution in [0.1, 0.15) is 25.3 Å². The lowest BCUT2D eigenvalue weighted by Gasteiger charge is -2.16. The van der Waals surface area contributed by atoms with E-state index in [0.29, 0.717) is 18.3 Å². The van der Waals surface area contributed by atoms with Crippen LogP contribution in [0.3, 0.4) is 0 Å². The Morgan fingerprint density at radius 3 is 2.83 bits per heavy atom. The van der Waals surface area contributed by atoms with Crippen LogP contribution in [-0.4, -0.2) is 56.4 Å². The van der Waals surface area contributed by atoms with E-state index in [1.54, 1.807) is 4.52 Å². The van der Waals surface area contributed by atoms with Crippen molar-refractivity contribution < 1.29 is 9.53 Å². The average Bonchev–Trinajstić information content (AvgIpc) is 3.28. The number of ether oxygens (including phenoxy) is 1. The molecule has 30 heavy (non-hydrogen) atoms. The molecule has 8 nitrogen and oxygen atoms in total. The van der Waals surface area contributed by atoms with Crippen molar-refractivity contribution in [2.45, 2.75) is 32.5 Å². The molecule has 0 bridgehead atoms. The molecule has 4 heterocycles. The first-order chi connectivity index (χ1) is 14.5. The molecule has 1 amide bonds. The molecule has 5 rings (SSSR count). The van der Waals surface area contributed by atoms with E-state index in [-0.39, 0.29) is 17.9 Å². The third-order valence-electron chi connectivity index (χ3n) is 6.13. The summed E-state index contributed by atoms with van der Waals surface area (Å²) in [7, 11) is 4.09. The molecule has 0 radical (unpaired) electrons. The molecule has 1 aliphatic heterocycles. The second kappa shape index (κ2) is 7.52. The minimum Gasteiger partial charge on any atom is -0.372 e. The Morgan fingerprint density at radius 2 is 2.10 bits per heavy atom. The van der Waals surface area contributed by atoms with Crippen LogP contribution in [0.4, 0.5) is 5.82 Å². The zero-order chi connectivity index (χ0) is 20.8. The number of nitrogens with zero attached hydrogens (tertiary/aromatic N) is 5. The molecular weight excluding hydrogens is 380 g/mol. The number of amides is 1. The van der Waals surface area contributed by atoms with Gasteiger partial charge in [0.25, 0.3) is 0 Å². The standard InChI is InChI=1S/C22H28N6O2/c1-14-11-26(2)12-19(14)30-13-17-10-23-27(3)21(17)16-6-7-28-18(8-16)9-20(25-28)24-22(29)15-4-5-15/h6-10,14-15,19H,4-5,11-13H2,1-3H3,(H,24,25,29). The number of aromatic nitrogens is 4. The Kier molecular flexibility index (Phi) is 4.83. The second-order valence-electron chi connectivity index (χ2n) is 8.77. The van der Waals surface area contributed by atoms with Gasteiger partial charge in [-0.3, -0.25) is 9.48 Å². The van der Waals surface area contributed by atoms with Crippen LogP contribution in [0.5, 0.6) is 0 Å². The number of aryl methyl sites for hydroxylation is 1. The van der Waals surface area contributed by atoms with Gasteiger partial charge < -0.3 is 15.0 Å². The Balaban J connectivity index is 1.36. The minimum absolute atomic E-state index is 0.0662. The van der Waals surface area contributed by atoms with Crippen LogP contribution in [0, 0.1) is 11.8 Å². The van der Waals surface area contributed by atoms with Crippen molar-refractivity contribution in [3.05, 3.63) is 36.2 Å². The highest BCUT2D eigenvalue weighted by Crippen LogP contribution is 2.31. The Hall–Kier alpha value is -2.71. The molecule has 3 aromatic heterocycles. The zero-order valence-corrected chi connectivity index (χ0v) is 17.7. The van der Waals surface area contributed by atoms with E-state index >= 15 is 0 Å². The molecule has 2 aliphatic rings. The van der Waals surface area contributed by atoms with E-state index < -0.39 is 0 Å². The molecular formula is C22H28N6O2. The van der Waals surface area contributed by atoms with Gasteiger partial charge in [-0.1, -0.05) is 6.92 Å². The van der Waals surface area contributed by atoms with Gasteiger partial charge in [-0.25, -0.2) is 4.52 Å². The molecule has 1 aliphatic carbocycles. The normalized spacial score (nSPS) is 22.1. The van der Waals surface area contributed by atoms with Crippen LogP contribution in [0.25, 0.3) is 16.8 Å². The van der Waals surface area contributed by atoms with Gasteiger partial charge in [-0.15, -0.1) is 0 Å². The van der Waals surface area contributed by atoms with Crippen LogP contribution < -0.4 is 5.32 Å². The molecule has 1 saturated heterocycles. The zero-order valence-electron chi connectivity index (χ0n) is 17.7. The van der Waals surface area contributed by atoms with Crippen molar-refractivity contribution in [1.29, 1.82) is 0 Å². The van der Waals surface area contributed by atoms with E-state index in [1.165, 1.54) is 0 Å².